The van der Waals surface area contributed by atoms with Gasteiger partial charge in [0.25, 0.3) is 0 Å². The largest absolute Gasteiger partial charge is 0.493 e. The Morgan fingerprint density at radius 2 is 2.29 bits per heavy atom. The molecule has 2 N–H and O–H groups in total. The molecule has 0 radical (unpaired) electrons. The number of rotatable bonds is 2. The van der Waals surface area contributed by atoms with Gasteiger partial charge in [0, 0.05) is 10.7 Å². The Hall–Kier alpha value is -0.740. The van der Waals surface area contributed by atoms with Crippen molar-refractivity contribution in [2.75, 3.05) is 12.8 Å². The monoisotopic (exact) mass is 271 g/mol. The van der Waals surface area contributed by atoms with E-state index in [-0.39, 0.29) is 0 Å². The fraction of sp³-hybridized carbons (Fsp3) is 0.200. The first kappa shape index (κ1) is 9.80. The van der Waals surface area contributed by atoms with E-state index >= 15 is 0 Å². The minimum Gasteiger partial charge on any atom is -0.493 e. The first-order valence-corrected chi connectivity index (χ1v) is 6.16. The van der Waals surface area contributed by atoms with Crippen LogP contribution in [0.1, 0.15) is 5.56 Å². The Labute approximate surface area is 94.8 Å². The molecular weight excluding hydrogens is 262 g/mol. The van der Waals surface area contributed by atoms with Crippen LogP contribution >= 0.6 is 27.3 Å². The summed E-state index contributed by atoms with van der Waals surface area (Å²) in [5, 5.41) is 4.21. The molecule has 0 aliphatic heterocycles. The molecule has 1 aromatic carbocycles. The van der Waals surface area contributed by atoms with Crippen molar-refractivity contribution in [1.82, 2.24) is 0 Å². The average molecular weight is 272 g/mol. The molecule has 0 unspecified atom stereocenters. The van der Waals surface area contributed by atoms with Crippen LogP contribution in [-0.2, 0) is 5.33 Å². The summed E-state index contributed by atoms with van der Waals surface area (Å²) in [6, 6.07) is 3.93. The van der Waals surface area contributed by atoms with E-state index in [1.54, 1.807) is 18.4 Å². The second kappa shape index (κ2) is 3.79. The molecular formula is C10H10BrNOS. The highest BCUT2D eigenvalue weighted by Gasteiger charge is 2.10. The standard InChI is InChI=1S/C10H10BrNOS/c1-13-9-8(12)3-2-7-6(4-11)5-14-10(7)9/h2-3,5H,4,12H2,1H3. The molecule has 0 aliphatic carbocycles. The molecule has 0 aliphatic rings. The van der Waals surface area contributed by atoms with Gasteiger partial charge in [-0.1, -0.05) is 22.0 Å². The number of fused-ring (bicyclic) bond motifs is 1. The van der Waals surface area contributed by atoms with Gasteiger partial charge in [-0.05, 0) is 17.0 Å². The van der Waals surface area contributed by atoms with Crippen molar-refractivity contribution in [3.05, 3.63) is 23.1 Å². The van der Waals surface area contributed by atoms with Gasteiger partial charge in [0.05, 0.1) is 17.5 Å². The van der Waals surface area contributed by atoms with Crippen molar-refractivity contribution in [2.45, 2.75) is 5.33 Å². The number of ether oxygens (including phenoxy) is 1. The highest BCUT2D eigenvalue weighted by molar-refractivity contribution is 9.08. The van der Waals surface area contributed by atoms with E-state index in [9.17, 15) is 0 Å². The highest BCUT2D eigenvalue weighted by atomic mass is 79.9. The number of anilines is 1. The summed E-state index contributed by atoms with van der Waals surface area (Å²) >= 11 is 5.13. The minimum atomic E-state index is 0.697. The van der Waals surface area contributed by atoms with Gasteiger partial charge in [-0.2, -0.15) is 0 Å². The number of halogens is 1. The van der Waals surface area contributed by atoms with Gasteiger partial charge < -0.3 is 10.5 Å². The van der Waals surface area contributed by atoms with Crippen LogP contribution < -0.4 is 10.5 Å². The third-order valence-corrected chi connectivity index (χ3v) is 3.80. The summed E-state index contributed by atoms with van der Waals surface area (Å²) in [5.41, 5.74) is 7.80. The van der Waals surface area contributed by atoms with E-state index in [2.05, 4.69) is 21.3 Å². The maximum atomic E-state index is 5.82. The van der Waals surface area contributed by atoms with Gasteiger partial charge in [-0.15, -0.1) is 11.3 Å². The summed E-state index contributed by atoms with van der Waals surface area (Å²) in [4.78, 5) is 0. The zero-order chi connectivity index (χ0) is 10.1. The molecule has 2 aromatic rings. The molecule has 0 amide bonds. The Kier molecular flexibility index (Phi) is 2.65. The van der Waals surface area contributed by atoms with Crippen LogP contribution in [0.3, 0.4) is 0 Å². The lowest BCUT2D eigenvalue weighted by Crippen LogP contribution is -1.91. The Morgan fingerprint density at radius 3 is 2.93 bits per heavy atom. The Morgan fingerprint density at radius 1 is 1.50 bits per heavy atom. The maximum Gasteiger partial charge on any atom is 0.159 e. The van der Waals surface area contributed by atoms with Crippen LogP contribution in [0, 0.1) is 0 Å². The molecule has 2 rings (SSSR count). The van der Waals surface area contributed by atoms with Gasteiger partial charge in [0.2, 0.25) is 0 Å². The van der Waals surface area contributed by atoms with Gasteiger partial charge in [-0.3, -0.25) is 0 Å². The minimum absolute atomic E-state index is 0.697. The molecule has 0 fully saturated rings. The number of hydrogen-bond donors (Lipinski definition) is 1. The van der Waals surface area contributed by atoms with E-state index in [1.807, 2.05) is 12.1 Å². The second-order valence-electron chi connectivity index (χ2n) is 2.96. The third kappa shape index (κ3) is 1.38. The molecule has 0 bridgehead atoms. The van der Waals surface area contributed by atoms with Crippen molar-refractivity contribution < 1.29 is 4.74 Å². The SMILES string of the molecule is COc1c(N)ccc2c(CBr)csc12. The van der Waals surface area contributed by atoms with Crippen molar-refractivity contribution in [1.29, 1.82) is 0 Å². The van der Waals surface area contributed by atoms with Crippen LogP contribution in [0.5, 0.6) is 5.75 Å². The van der Waals surface area contributed by atoms with Gasteiger partial charge in [0.1, 0.15) is 0 Å². The molecule has 0 saturated heterocycles. The zero-order valence-corrected chi connectivity index (χ0v) is 10.1. The fourth-order valence-electron chi connectivity index (χ4n) is 1.46. The van der Waals surface area contributed by atoms with E-state index < -0.39 is 0 Å². The summed E-state index contributed by atoms with van der Waals surface area (Å²) in [6.45, 7) is 0. The summed E-state index contributed by atoms with van der Waals surface area (Å²) in [7, 11) is 1.65. The summed E-state index contributed by atoms with van der Waals surface area (Å²) < 4.78 is 6.41. The lowest BCUT2D eigenvalue weighted by atomic mass is 10.2. The van der Waals surface area contributed by atoms with E-state index in [0.29, 0.717) is 5.69 Å². The molecule has 0 spiro atoms. The quantitative estimate of drug-likeness (QED) is 0.671. The molecule has 74 valence electrons. The number of alkyl halides is 1. The van der Waals surface area contributed by atoms with Crippen LogP contribution in [0.4, 0.5) is 5.69 Å². The normalized spacial score (nSPS) is 10.7. The van der Waals surface area contributed by atoms with Crippen LogP contribution in [-0.4, -0.2) is 7.11 Å². The van der Waals surface area contributed by atoms with Gasteiger partial charge in [0.15, 0.2) is 5.75 Å². The first-order chi connectivity index (χ1) is 6.77. The van der Waals surface area contributed by atoms with E-state index in [4.69, 9.17) is 10.5 Å². The number of nitrogen functional groups attached to an aromatic ring is 1. The lowest BCUT2D eigenvalue weighted by molar-refractivity contribution is 0.422. The second-order valence-corrected chi connectivity index (χ2v) is 4.40. The maximum absolute atomic E-state index is 5.82. The van der Waals surface area contributed by atoms with Crippen LogP contribution in [0.25, 0.3) is 10.1 Å². The topological polar surface area (TPSA) is 35.2 Å². The third-order valence-electron chi connectivity index (χ3n) is 2.16. The number of methoxy groups -OCH3 is 1. The Bertz CT molecular complexity index is 466. The predicted octanol–water partition coefficient (Wildman–Crippen LogP) is 3.39. The smallest absolute Gasteiger partial charge is 0.159 e. The number of hydrogen-bond acceptors (Lipinski definition) is 3. The fourth-order valence-corrected chi connectivity index (χ4v) is 3.24. The summed E-state index contributed by atoms with van der Waals surface area (Å²) in [6.07, 6.45) is 0. The predicted molar refractivity (Wildman–Crippen MR) is 65.4 cm³/mol. The van der Waals surface area contributed by atoms with Crippen LogP contribution in [0.2, 0.25) is 0 Å². The molecule has 1 heterocycles. The number of thiophene rings is 1. The van der Waals surface area contributed by atoms with Gasteiger partial charge >= 0.3 is 0 Å². The molecule has 4 heteroatoms. The molecule has 0 saturated carbocycles. The van der Waals surface area contributed by atoms with E-state index in [0.717, 1.165) is 15.8 Å². The van der Waals surface area contributed by atoms with Crippen molar-refractivity contribution in [3.8, 4) is 5.75 Å². The van der Waals surface area contributed by atoms with Crippen molar-refractivity contribution >= 4 is 43.0 Å². The average Bonchev–Trinajstić information content (AvgIpc) is 2.60. The Balaban J connectivity index is 2.76. The lowest BCUT2D eigenvalue weighted by Gasteiger charge is -2.05. The summed E-state index contributed by atoms with van der Waals surface area (Å²) in [5.74, 6) is 0.791. The molecule has 0 atom stereocenters. The molecule has 2 nitrogen and oxygen atoms in total. The van der Waals surface area contributed by atoms with E-state index in [1.165, 1.54) is 10.9 Å². The molecule has 14 heavy (non-hydrogen) atoms. The van der Waals surface area contributed by atoms with Gasteiger partial charge in [-0.25, -0.2) is 0 Å². The number of benzene rings is 1. The molecule has 1 aromatic heterocycles. The van der Waals surface area contributed by atoms with Crippen molar-refractivity contribution in [2.24, 2.45) is 0 Å². The first-order valence-electron chi connectivity index (χ1n) is 4.16. The zero-order valence-electron chi connectivity index (χ0n) is 7.71. The van der Waals surface area contributed by atoms with Crippen molar-refractivity contribution in [3.63, 3.8) is 0 Å². The number of nitrogens with two attached hydrogens (primary N) is 1. The highest BCUT2D eigenvalue weighted by Crippen LogP contribution is 2.38. The van der Waals surface area contributed by atoms with Crippen LogP contribution in [0.15, 0.2) is 17.5 Å².